The minimum Gasteiger partial charge on any atom is -0.496 e. The maximum Gasteiger partial charge on any atom is 0.264 e. The van der Waals surface area contributed by atoms with Gasteiger partial charge in [0, 0.05) is 10.9 Å². The summed E-state index contributed by atoms with van der Waals surface area (Å²) in [4.78, 5) is 16.7. The lowest BCUT2D eigenvalue weighted by atomic mass is 10.1. The molecule has 1 N–H and O–H groups in total. The number of nitrogens with zero attached hydrogens (tertiary/aromatic N) is 1. The number of thiazole rings is 1. The molecule has 146 valence electrons. The Morgan fingerprint density at radius 3 is 2.79 bits per heavy atom. The summed E-state index contributed by atoms with van der Waals surface area (Å²) in [5.41, 5.74) is 2.87. The second-order valence-electron chi connectivity index (χ2n) is 6.09. The van der Waals surface area contributed by atoms with Crippen LogP contribution < -0.4 is 14.8 Å². The summed E-state index contributed by atoms with van der Waals surface area (Å²) >= 11 is 4.86. The van der Waals surface area contributed by atoms with Crippen LogP contribution in [0, 0.1) is 0 Å². The number of benzene rings is 2. The average Bonchev–Trinajstić information content (AvgIpc) is 3.15. The lowest BCUT2D eigenvalue weighted by Crippen LogP contribution is -2.20. The van der Waals surface area contributed by atoms with E-state index < -0.39 is 0 Å². The molecular formula is C21H21BrN2O3S. The van der Waals surface area contributed by atoms with Crippen molar-refractivity contribution in [3.8, 4) is 22.8 Å². The summed E-state index contributed by atoms with van der Waals surface area (Å²) in [6.07, 6.45) is 2.09. The van der Waals surface area contributed by atoms with E-state index >= 15 is 0 Å². The van der Waals surface area contributed by atoms with E-state index in [2.05, 4.69) is 33.2 Å². The van der Waals surface area contributed by atoms with Crippen molar-refractivity contribution in [1.29, 1.82) is 0 Å². The highest BCUT2D eigenvalue weighted by Gasteiger charge is 2.12. The van der Waals surface area contributed by atoms with E-state index in [1.165, 1.54) is 16.9 Å². The van der Waals surface area contributed by atoms with Crippen LogP contribution in [0.15, 0.2) is 52.3 Å². The Balaban J connectivity index is 1.59. The SMILES string of the molecule is CCCc1ccc(OCC(=O)Nc2nc(-c3ccccc3OC)cs2)c(Br)c1. The molecule has 1 aromatic heterocycles. The molecule has 0 spiro atoms. The smallest absolute Gasteiger partial charge is 0.264 e. The Hall–Kier alpha value is -2.38. The number of hydrogen-bond donors (Lipinski definition) is 1. The monoisotopic (exact) mass is 460 g/mol. The van der Waals surface area contributed by atoms with E-state index in [1.807, 2.05) is 47.8 Å². The summed E-state index contributed by atoms with van der Waals surface area (Å²) in [6.45, 7) is 2.05. The third kappa shape index (κ3) is 5.11. The number of carbonyl (C=O) groups excluding carboxylic acids is 1. The predicted molar refractivity (Wildman–Crippen MR) is 116 cm³/mol. The van der Waals surface area contributed by atoms with E-state index in [0.29, 0.717) is 10.9 Å². The van der Waals surface area contributed by atoms with Crippen molar-refractivity contribution in [2.45, 2.75) is 19.8 Å². The molecule has 0 radical (unpaired) electrons. The van der Waals surface area contributed by atoms with Crippen LogP contribution in [0.1, 0.15) is 18.9 Å². The van der Waals surface area contributed by atoms with Crippen LogP contribution in [-0.4, -0.2) is 24.6 Å². The third-order valence-corrected chi connectivity index (χ3v) is 5.40. The number of hydrogen-bond acceptors (Lipinski definition) is 5. The zero-order valence-electron chi connectivity index (χ0n) is 15.7. The molecule has 3 aromatic rings. The number of rotatable bonds is 8. The van der Waals surface area contributed by atoms with Gasteiger partial charge in [-0.1, -0.05) is 31.5 Å². The Kier molecular flexibility index (Phi) is 7.06. The summed E-state index contributed by atoms with van der Waals surface area (Å²) < 4.78 is 11.8. The zero-order valence-corrected chi connectivity index (χ0v) is 18.1. The van der Waals surface area contributed by atoms with Crippen molar-refractivity contribution < 1.29 is 14.3 Å². The van der Waals surface area contributed by atoms with Crippen LogP contribution >= 0.6 is 27.3 Å². The Morgan fingerprint density at radius 1 is 1.21 bits per heavy atom. The fourth-order valence-corrected chi connectivity index (χ4v) is 3.98. The predicted octanol–water partition coefficient (Wildman–Crippen LogP) is 5.55. The third-order valence-electron chi connectivity index (χ3n) is 4.03. The highest BCUT2D eigenvalue weighted by molar-refractivity contribution is 9.10. The molecule has 2 aromatic carbocycles. The van der Waals surface area contributed by atoms with Gasteiger partial charge in [-0.15, -0.1) is 11.3 Å². The van der Waals surface area contributed by atoms with E-state index in [9.17, 15) is 4.79 Å². The van der Waals surface area contributed by atoms with Crippen molar-refractivity contribution in [2.24, 2.45) is 0 Å². The molecule has 28 heavy (non-hydrogen) atoms. The van der Waals surface area contributed by atoms with Crippen LogP contribution in [0.25, 0.3) is 11.3 Å². The topological polar surface area (TPSA) is 60.5 Å². The van der Waals surface area contributed by atoms with Crippen molar-refractivity contribution in [3.05, 3.63) is 57.9 Å². The van der Waals surface area contributed by atoms with Gasteiger partial charge in [-0.2, -0.15) is 0 Å². The van der Waals surface area contributed by atoms with Gasteiger partial charge in [-0.05, 0) is 52.2 Å². The van der Waals surface area contributed by atoms with E-state index in [0.717, 1.165) is 34.3 Å². The molecule has 0 aliphatic rings. The summed E-state index contributed by atoms with van der Waals surface area (Å²) in [5.74, 6) is 1.12. The Bertz CT molecular complexity index is 958. The van der Waals surface area contributed by atoms with Gasteiger partial charge in [0.25, 0.3) is 5.91 Å². The van der Waals surface area contributed by atoms with Crippen LogP contribution in [0.2, 0.25) is 0 Å². The van der Waals surface area contributed by atoms with Gasteiger partial charge >= 0.3 is 0 Å². The van der Waals surface area contributed by atoms with Crippen LogP contribution in [0.4, 0.5) is 5.13 Å². The quantitative estimate of drug-likeness (QED) is 0.478. The minimum atomic E-state index is -0.259. The van der Waals surface area contributed by atoms with Crippen molar-refractivity contribution in [1.82, 2.24) is 4.98 Å². The lowest BCUT2D eigenvalue weighted by molar-refractivity contribution is -0.118. The zero-order chi connectivity index (χ0) is 19.9. The molecule has 0 aliphatic heterocycles. The fraction of sp³-hybridized carbons (Fsp3) is 0.238. The largest absolute Gasteiger partial charge is 0.496 e. The molecule has 0 bridgehead atoms. The maximum absolute atomic E-state index is 12.2. The van der Waals surface area contributed by atoms with Gasteiger partial charge in [0.15, 0.2) is 11.7 Å². The van der Waals surface area contributed by atoms with Gasteiger partial charge in [0.1, 0.15) is 11.5 Å². The number of methoxy groups -OCH3 is 1. The van der Waals surface area contributed by atoms with Gasteiger partial charge in [0.05, 0.1) is 17.3 Å². The van der Waals surface area contributed by atoms with Gasteiger partial charge in [-0.25, -0.2) is 4.98 Å². The molecule has 0 saturated heterocycles. The van der Waals surface area contributed by atoms with Gasteiger partial charge in [0.2, 0.25) is 0 Å². The molecule has 3 rings (SSSR count). The number of ether oxygens (including phenoxy) is 2. The molecule has 0 unspecified atom stereocenters. The number of amides is 1. The fourth-order valence-electron chi connectivity index (χ4n) is 2.72. The highest BCUT2D eigenvalue weighted by Crippen LogP contribution is 2.32. The molecular weight excluding hydrogens is 440 g/mol. The van der Waals surface area contributed by atoms with Gasteiger partial charge in [-0.3, -0.25) is 10.1 Å². The number of carbonyl (C=O) groups is 1. The summed E-state index contributed by atoms with van der Waals surface area (Å²) in [5, 5.41) is 5.18. The Morgan fingerprint density at radius 2 is 2.04 bits per heavy atom. The number of anilines is 1. The maximum atomic E-state index is 12.2. The van der Waals surface area contributed by atoms with Crippen LogP contribution in [0.5, 0.6) is 11.5 Å². The van der Waals surface area contributed by atoms with E-state index in [4.69, 9.17) is 9.47 Å². The first-order valence-corrected chi connectivity index (χ1v) is 10.6. The molecule has 5 nitrogen and oxygen atoms in total. The standard InChI is InChI=1S/C21H21BrN2O3S/c1-3-6-14-9-10-19(16(22)11-14)27-12-20(25)24-21-23-17(13-28-21)15-7-4-5-8-18(15)26-2/h4-5,7-11,13H,3,6,12H2,1-2H3,(H,23,24,25). The summed E-state index contributed by atoms with van der Waals surface area (Å²) in [6, 6.07) is 13.6. The first-order chi connectivity index (χ1) is 13.6. The lowest BCUT2D eigenvalue weighted by Gasteiger charge is -2.09. The first kappa shape index (κ1) is 20.4. The van der Waals surface area contributed by atoms with Crippen molar-refractivity contribution >= 4 is 38.3 Å². The van der Waals surface area contributed by atoms with Crippen molar-refractivity contribution in [2.75, 3.05) is 19.0 Å². The Labute approximate surface area is 176 Å². The number of nitrogens with one attached hydrogen (secondary N) is 1. The number of aromatic nitrogens is 1. The summed E-state index contributed by atoms with van der Waals surface area (Å²) in [7, 11) is 1.62. The highest BCUT2D eigenvalue weighted by atomic mass is 79.9. The molecule has 0 fully saturated rings. The van der Waals surface area contributed by atoms with Crippen LogP contribution in [0.3, 0.4) is 0 Å². The molecule has 0 saturated carbocycles. The molecule has 0 atom stereocenters. The first-order valence-electron chi connectivity index (χ1n) is 8.90. The molecule has 0 aliphatic carbocycles. The van der Waals surface area contributed by atoms with Gasteiger partial charge < -0.3 is 9.47 Å². The number of halogens is 1. The second-order valence-corrected chi connectivity index (χ2v) is 7.80. The minimum absolute atomic E-state index is 0.0880. The second kappa shape index (κ2) is 9.71. The van der Waals surface area contributed by atoms with Crippen LogP contribution in [-0.2, 0) is 11.2 Å². The molecule has 1 heterocycles. The average molecular weight is 461 g/mol. The van der Waals surface area contributed by atoms with E-state index in [-0.39, 0.29) is 12.5 Å². The number of para-hydroxylation sites is 1. The normalized spacial score (nSPS) is 10.5. The molecule has 1 amide bonds. The number of aryl methyl sites for hydroxylation is 1. The molecule has 7 heteroatoms. The van der Waals surface area contributed by atoms with Crippen molar-refractivity contribution in [3.63, 3.8) is 0 Å². The van der Waals surface area contributed by atoms with E-state index in [1.54, 1.807) is 7.11 Å².